The molecule has 0 radical (unpaired) electrons. The molecule has 0 aliphatic carbocycles. The van der Waals surface area contributed by atoms with Crippen molar-refractivity contribution < 1.29 is 22.7 Å². The van der Waals surface area contributed by atoms with Crippen molar-refractivity contribution in [3.05, 3.63) is 46.5 Å². The normalized spacial score (nSPS) is 15.7. The first-order valence-corrected chi connectivity index (χ1v) is 10.4. The Labute approximate surface area is 156 Å². The van der Waals surface area contributed by atoms with E-state index in [1.807, 2.05) is 0 Å². The minimum atomic E-state index is -3.29. The molecule has 2 aliphatic heterocycles. The van der Waals surface area contributed by atoms with E-state index in [4.69, 9.17) is 21.1 Å². The van der Waals surface area contributed by atoms with Crippen LogP contribution in [0.4, 0.5) is 5.69 Å². The lowest BCUT2D eigenvalue weighted by Crippen LogP contribution is -2.35. The first-order chi connectivity index (χ1) is 12.3. The Morgan fingerprint density at radius 3 is 2.77 bits per heavy atom. The second kappa shape index (κ2) is 6.17. The van der Waals surface area contributed by atoms with Gasteiger partial charge in [-0.05, 0) is 48.7 Å². The molecule has 136 valence electrons. The lowest BCUT2D eigenvalue weighted by molar-refractivity contribution is 0.0984. The number of carbonyl (C=O) groups is 1. The Kier molecular flexibility index (Phi) is 4.08. The maximum absolute atomic E-state index is 13.0. The molecule has 0 aromatic heterocycles. The van der Waals surface area contributed by atoms with Gasteiger partial charge in [0.15, 0.2) is 21.3 Å². The van der Waals surface area contributed by atoms with Gasteiger partial charge < -0.3 is 14.4 Å². The van der Waals surface area contributed by atoms with Crippen LogP contribution in [-0.2, 0) is 16.3 Å². The summed E-state index contributed by atoms with van der Waals surface area (Å²) in [5.74, 6) is 0.684. The van der Waals surface area contributed by atoms with E-state index in [1.54, 1.807) is 29.2 Å². The molecular weight excluding hydrogens is 378 g/mol. The molecule has 1 amide bonds. The van der Waals surface area contributed by atoms with Crippen molar-refractivity contribution in [2.75, 3.05) is 24.5 Å². The number of anilines is 1. The van der Waals surface area contributed by atoms with Gasteiger partial charge in [-0.2, -0.15) is 0 Å². The van der Waals surface area contributed by atoms with Crippen LogP contribution in [0.2, 0.25) is 5.02 Å². The van der Waals surface area contributed by atoms with Crippen molar-refractivity contribution in [3.8, 4) is 11.5 Å². The van der Waals surface area contributed by atoms with Gasteiger partial charge in [0.1, 0.15) is 0 Å². The predicted molar refractivity (Wildman–Crippen MR) is 97.1 cm³/mol. The number of fused-ring (bicyclic) bond motifs is 2. The summed E-state index contributed by atoms with van der Waals surface area (Å²) in [6.07, 6.45) is 2.66. The molecule has 0 saturated carbocycles. The van der Waals surface area contributed by atoms with Crippen LogP contribution >= 0.6 is 11.6 Å². The zero-order valence-electron chi connectivity index (χ0n) is 14.0. The maximum Gasteiger partial charge on any atom is 0.258 e. The van der Waals surface area contributed by atoms with Crippen molar-refractivity contribution in [3.63, 3.8) is 0 Å². The van der Waals surface area contributed by atoms with Gasteiger partial charge in [-0.15, -0.1) is 0 Å². The van der Waals surface area contributed by atoms with Gasteiger partial charge in [0.2, 0.25) is 6.79 Å². The summed E-state index contributed by atoms with van der Waals surface area (Å²) in [5.41, 5.74) is 1.97. The second-order valence-electron chi connectivity index (χ2n) is 6.31. The molecular formula is C18H16ClNO5S. The Morgan fingerprint density at radius 1 is 1.19 bits per heavy atom. The summed E-state index contributed by atoms with van der Waals surface area (Å²) in [4.78, 5) is 15.0. The zero-order valence-corrected chi connectivity index (χ0v) is 15.6. The second-order valence-corrected chi connectivity index (χ2v) is 8.74. The van der Waals surface area contributed by atoms with Crippen LogP contribution in [0.25, 0.3) is 0 Å². The molecule has 0 N–H and O–H groups in total. The highest BCUT2D eigenvalue weighted by Crippen LogP contribution is 2.40. The molecule has 2 aliphatic rings. The number of sulfone groups is 1. The number of hydrogen-bond acceptors (Lipinski definition) is 5. The molecule has 6 nitrogen and oxygen atoms in total. The fourth-order valence-corrected chi connectivity index (χ4v) is 4.20. The monoisotopic (exact) mass is 393 g/mol. The summed E-state index contributed by atoms with van der Waals surface area (Å²) < 4.78 is 34.2. The lowest BCUT2D eigenvalue weighted by atomic mass is 10.0. The third-order valence-corrected chi connectivity index (χ3v) is 5.91. The third-order valence-electron chi connectivity index (χ3n) is 4.52. The molecule has 26 heavy (non-hydrogen) atoms. The van der Waals surface area contributed by atoms with Crippen LogP contribution in [0, 0.1) is 0 Å². The first kappa shape index (κ1) is 17.2. The first-order valence-electron chi connectivity index (χ1n) is 8.08. The molecule has 2 aromatic carbocycles. The number of ether oxygens (including phenoxy) is 2. The Bertz CT molecular complexity index is 1020. The van der Waals surface area contributed by atoms with E-state index in [2.05, 4.69) is 0 Å². The number of rotatable bonds is 2. The smallest absolute Gasteiger partial charge is 0.258 e. The Morgan fingerprint density at radius 2 is 2.00 bits per heavy atom. The Balaban J connectivity index is 1.72. The molecule has 0 saturated heterocycles. The molecule has 2 heterocycles. The average molecular weight is 394 g/mol. The van der Waals surface area contributed by atoms with Gasteiger partial charge >= 0.3 is 0 Å². The van der Waals surface area contributed by atoms with Gasteiger partial charge in [0.05, 0.1) is 9.92 Å². The number of benzene rings is 2. The summed E-state index contributed by atoms with van der Waals surface area (Å²) in [5, 5.41) is 0.327. The zero-order chi connectivity index (χ0) is 18.5. The molecule has 8 heteroatoms. The minimum Gasteiger partial charge on any atom is -0.454 e. The summed E-state index contributed by atoms with van der Waals surface area (Å²) in [6.45, 7) is 0.629. The molecule has 2 aromatic rings. The number of aryl methyl sites for hydroxylation is 1. The van der Waals surface area contributed by atoms with Gasteiger partial charge in [-0.3, -0.25) is 4.79 Å². The SMILES string of the molecule is CS(=O)(=O)c1ccc2c(c1)CCCN2C(=O)c1cc(Cl)c2c(c1)OCO2. The number of amides is 1. The van der Waals surface area contributed by atoms with E-state index >= 15 is 0 Å². The highest BCUT2D eigenvalue weighted by Gasteiger charge is 2.27. The van der Waals surface area contributed by atoms with Crippen LogP contribution in [0.5, 0.6) is 11.5 Å². The highest BCUT2D eigenvalue weighted by molar-refractivity contribution is 7.90. The van der Waals surface area contributed by atoms with Crippen molar-refractivity contribution in [2.24, 2.45) is 0 Å². The average Bonchev–Trinajstić information content (AvgIpc) is 3.08. The molecule has 0 atom stereocenters. The van der Waals surface area contributed by atoms with E-state index in [0.29, 0.717) is 28.6 Å². The van der Waals surface area contributed by atoms with Gasteiger partial charge in [0.25, 0.3) is 5.91 Å². The van der Waals surface area contributed by atoms with E-state index in [1.165, 1.54) is 12.3 Å². The van der Waals surface area contributed by atoms with Gasteiger partial charge in [-0.1, -0.05) is 11.6 Å². The fourth-order valence-electron chi connectivity index (χ4n) is 3.26. The number of nitrogens with zero attached hydrogens (tertiary/aromatic N) is 1. The van der Waals surface area contributed by atoms with Crippen LogP contribution in [-0.4, -0.2) is 33.9 Å². The molecule has 0 unspecified atom stereocenters. The van der Waals surface area contributed by atoms with E-state index in [9.17, 15) is 13.2 Å². The van der Waals surface area contributed by atoms with Crippen molar-refractivity contribution in [1.82, 2.24) is 0 Å². The largest absolute Gasteiger partial charge is 0.454 e. The van der Waals surface area contributed by atoms with Gasteiger partial charge in [-0.25, -0.2) is 8.42 Å². The summed E-state index contributed by atoms with van der Waals surface area (Å²) >= 11 is 6.19. The van der Waals surface area contributed by atoms with E-state index in [-0.39, 0.29) is 17.6 Å². The predicted octanol–water partition coefficient (Wildman–Crippen LogP) is 3.07. The third kappa shape index (κ3) is 2.91. The van der Waals surface area contributed by atoms with Crippen LogP contribution in [0.1, 0.15) is 22.3 Å². The van der Waals surface area contributed by atoms with Crippen molar-refractivity contribution in [2.45, 2.75) is 17.7 Å². The Hall–Kier alpha value is -2.25. The number of carbonyl (C=O) groups excluding carboxylic acids is 1. The topological polar surface area (TPSA) is 72.9 Å². The quantitative estimate of drug-likeness (QED) is 0.784. The van der Waals surface area contributed by atoms with E-state index in [0.717, 1.165) is 24.1 Å². The number of halogens is 1. The molecule has 0 spiro atoms. The maximum atomic E-state index is 13.0. The van der Waals surface area contributed by atoms with Crippen LogP contribution < -0.4 is 14.4 Å². The van der Waals surface area contributed by atoms with Gasteiger partial charge in [0, 0.05) is 24.1 Å². The molecule has 0 fully saturated rings. The molecule has 4 rings (SSSR count). The highest BCUT2D eigenvalue weighted by atomic mass is 35.5. The fraction of sp³-hybridized carbons (Fsp3) is 0.278. The van der Waals surface area contributed by atoms with E-state index < -0.39 is 9.84 Å². The van der Waals surface area contributed by atoms with Crippen LogP contribution in [0.3, 0.4) is 0 Å². The van der Waals surface area contributed by atoms with Crippen molar-refractivity contribution in [1.29, 1.82) is 0 Å². The summed E-state index contributed by atoms with van der Waals surface area (Å²) in [6, 6.07) is 8.06. The molecule has 0 bridgehead atoms. The summed E-state index contributed by atoms with van der Waals surface area (Å²) in [7, 11) is -3.29. The van der Waals surface area contributed by atoms with Crippen LogP contribution in [0.15, 0.2) is 35.2 Å². The number of hydrogen-bond donors (Lipinski definition) is 0. The lowest BCUT2D eigenvalue weighted by Gasteiger charge is -2.30. The van der Waals surface area contributed by atoms with Crippen molar-refractivity contribution >= 4 is 33.0 Å². The minimum absolute atomic E-state index is 0.0769. The standard InChI is InChI=1S/C18H16ClNO5S/c1-26(22,23)13-4-5-15-11(7-13)3-2-6-20(15)18(21)12-8-14(19)17-16(9-12)24-10-25-17/h4-5,7-9H,2-3,6,10H2,1H3.